The molecule has 21 heavy (non-hydrogen) atoms. The van der Waals surface area contributed by atoms with Crippen LogP contribution in [0.15, 0.2) is 30.3 Å². The first-order chi connectivity index (χ1) is 9.99. The van der Waals surface area contributed by atoms with Crippen LogP contribution in [0.2, 0.25) is 0 Å². The van der Waals surface area contributed by atoms with Gasteiger partial charge in [0.1, 0.15) is 6.61 Å². The van der Waals surface area contributed by atoms with Gasteiger partial charge >= 0.3 is 5.97 Å². The minimum atomic E-state index is -0.489. The lowest BCUT2D eigenvalue weighted by Crippen LogP contribution is -2.26. The van der Waals surface area contributed by atoms with E-state index in [2.05, 4.69) is 0 Å². The molecule has 0 aliphatic carbocycles. The van der Waals surface area contributed by atoms with Crippen molar-refractivity contribution in [1.29, 1.82) is 0 Å². The summed E-state index contributed by atoms with van der Waals surface area (Å²) < 4.78 is 16.1. The molecular weight excluding hydrogens is 272 g/mol. The SMILES string of the molecule is CC(O)COC(C)COC(C)COC(=O)c1ccccc1. The predicted molar refractivity (Wildman–Crippen MR) is 79.2 cm³/mol. The van der Waals surface area contributed by atoms with Gasteiger partial charge in [-0.15, -0.1) is 0 Å². The standard InChI is InChI=1S/C16H24O5/c1-12(17)9-19-13(2)10-20-14(3)11-21-16(18)15-7-5-4-6-8-15/h4-8,12-14,17H,9-11H2,1-3H3. The Hall–Kier alpha value is -1.43. The molecule has 0 heterocycles. The van der Waals surface area contributed by atoms with Gasteiger partial charge in [-0.25, -0.2) is 4.79 Å². The van der Waals surface area contributed by atoms with Crippen molar-refractivity contribution in [3.05, 3.63) is 35.9 Å². The zero-order valence-corrected chi connectivity index (χ0v) is 12.8. The van der Waals surface area contributed by atoms with Crippen LogP contribution in [0, 0.1) is 0 Å². The zero-order chi connectivity index (χ0) is 15.7. The molecule has 0 bridgehead atoms. The molecule has 118 valence electrons. The summed E-state index contributed by atoms with van der Waals surface area (Å²) in [6, 6.07) is 8.84. The second-order valence-electron chi connectivity index (χ2n) is 5.10. The minimum absolute atomic E-state index is 0.119. The fourth-order valence-corrected chi connectivity index (χ4v) is 1.55. The van der Waals surface area contributed by atoms with Gasteiger partial charge in [0, 0.05) is 0 Å². The summed E-state index contributed by atoms with van der Waals surface area (Å²) in [5.74, 6) is -0.357. The molecule has 0 aliphatic rings. The number of carbonyl (C=O) groups is 1. The molecule has 1 rings (SSSR count). The van der Waals surface area contributed by atoms with E-state index in [1.54, 1.807) is 31.2 Å². The number of esters is 1. The largest absolute Gasteiger partial charge is 0.459 e. The highest BCUT2D eigenvalue weighted by Gasteiger charge is 2.11. The van der Waals surface area contributed by atoms with E-state index in [9.17, 15) is 4.79 Å². The molecule has 0 aromatic heterocycles. The van der Waals surface area contributed by atoms with Gasteiger partial charge in [-0.2, -0.15) is 0 Å². The van der Waals surface area contributed by atoms with Gasteiger partial charge in [0.15, 0.2) is 0 Å². The molecule has 0 spiro atoms. The van der Waals surface area contributed by atoms with Crippen LogP contribution in [0.5, 0.6) is 0 Å². The molecule has 0 fully saturated rings. The normalized spacial score (nSPS) is 15.2. The summed E-state index contributed by atoms with van der Waals surface area (Å²) >= 11 is 0. The lowest BCUT2D eigenvalue weighted by atomic mass is 10.2. The Bertz CT molecular complexity index is 404. The van der Waals surface area contributed by atoms with Gasteiger partial charge in [-0.1, -0.05) is 18.2 Å². The van der Waals surface area contributed by atoms with E-state index in [-0.39, 0.29) is 31.4 Å². The maximum atomic E-state index is 11.7. The van der Waals surface area contributed by atoms with Crippen LogP contribution < -0.4 is 0 Å². The number of aliphatic hydroxyl groups is 1. The number of carbonyl (C=O) groups excluding carboxylic acids is 1. The van der Waals surface area contributed by atoms with Crippen LogP contribution in [0.3, 0.4) is 0 Å². The molecule has 3 atom stereocenters. The maximum absolute atomic E-state index is 11.7. The Morgan fingerprint density at radius 2 is 1.57 bits per heavy atom. The summed E-state index contributed by atoms with van der Waals surface area (Å²) in [6.45, 7) is 6.22. The molecule has 5 nitrogen and oxygen atoms in total. The quantitative estimate of drug-likeness (QED) is 0.706. The highest BCUT2D eigenvalue weighted by molar-refractivity contribution is 5.89. The molecule has 0 saturated carbocycles. The van der Waals surface area contributed by atoms with E-state index in [4.69, 9.17) is 19.3 Å². The van der Waals surface area contributed by atoms with E-state index < -0.39 is 6.10 Å². The summed E-state index contributed by atoms with van der Waals surface area (Å²) in [5, 5.41) is 9.11. The van der Waals surface area contributed by atoms with Crippen LogP contribution >= 0.6 is 0 Å². The number of rotatable bonds is 9. The summed E-state index contributed by atoms with van der Waals surface area (Å²) in [7, 11) is 0. The molecule has 0 radical (unpaired) electrons. The van der Waals surface area contributed by atoms with Gasteiger partial charge in [0.2, 0.25) is 0 Å². The minimum Gasteiger partial charge on any atom is -0.459 e. The summed E-state index contributed by atoms with van der Waals surface area (Å²) in [4.78, 5) is 11.7. The van der Waals surface area contributed by atoms with E-state index >= 15 is 0 Å². The van der Waals surface area contributed by atoms with Gasteiger partial charge in [-0.3, -0.25) is 0 Å². The van der Waals surface area contributed by atoms with Crippen LogP contribution in [-0.2, 0) is 14.2 Å². The van der Waals surface area contributed by atoms with Gasteiger partial charge in [0.25, 0.3) is 0 Å². The molecule has 1 aromatic carbocycles. The van der Waals surface area contributed by atoms with E-state index in [1.807, 2.05) is 19.9 Å². The lowest BCUT2D eigenvalue weighted by molar-refractivity contribution is -0.0647. The lowest BCUT2D eigenvalue weighted by Gasteiger charge is -2.18. The molecule has 0 saturated heterocycles. The third kappa shape index (κ3) is 7.80. The third-order valence-electron chi connectivity index (χ3n) is 2.70. The van der Waals surface area contributed by atoms with Crippen molar-refractivity contribution < 1.29 is 24.1 Å². The highest BCUT2D eigenvalue weighted by Crippen LogP contribution is 2.03. The third-order valence-corrected chi connectivity index (χ3v) is 2.70. The average molecular weight is 296 g/mol. The number of hydrogen-bond acceptors (Lipinski definition) is 5. The summed E-state index contributed by atoms with van der Waals surface area (Å²) in [5.41, 5.74) is 0.526. The molecule has 0 aliphatic heterocycles. The van der Waals surface area contributed by atoms with Crippen molar-refractivity contribution in [2.24, 2.45) is 0 Å². The second kappa shape index (κ2) is 9.50. The second-order valence-corrected chi connectivity index (χ2v) is 5.10. The molecule has 0 amide bonds. The Labute approximate surface area is 125 Å². The molecular formula is C16H24O5. The van der Waals surface area contributed by atoms with E-state index in [1.165, 1.54) is 0 Å². The number of hydrogen-bond donors (Lipinski definition) is 1. The monoisotopic (exact) mass is 296 g/mol. The number of ether oxygens (including phenoxy) is 3. The Morgan fingerprint density at radius 3 is 2.19 bits per heavy atom. The van der Waals surface area contributed by atoms with Gasteiger partial charge in [-0.05, 0) is 32.9 Å². The Balaban J connectivity index is 2.19. The van der Waals surface area contributed by atoms with Crippen molar-refractivity contribution >= 4 is 5.97 Å². The van der Waals surface area contributed by atoms with Crippen molar-refractivity contribution in [2.45, 2.75) is 39.1 Å². The van der Waals surface area contributed by atoms with Crippen molar-refractivity contribution in [2.75, 3.05) is 19.8 Å². The zero-order valence-electron chi connectivity index (χ0n) is 12.8. The number of aliphatic hydroxyl groups excluding tert-OH is 1. The van der Waals surface area contributed by atoms with Crippen molar-refractivity contribution in [3.63, 3.8) is 0 Å². The first-order valence-corrected chi connectivity index (χ1v) is 7.12. The van der Waals surface area contributed by atoms with Crippen LogP contribution in [0.1, 0.15) is 31.1 Å². The molecule has 5 heteroatoms. The van der Waals surface area contributed by atoms with Gasteiger partial charge in [0.05, 0.1) is 37.1 Å². The predicted octanol–water partition coefficient (Wildman–Crippen LogP) is 2.03. The number of benzene rings is 1. The van der Waals surface area contributed by atoms with Crippen molar-refractivity contribution in [3.8, 4) is 0 Å². The fourth-order valence-electron chi connectivity index (χ4n) is 1.55. The van der Waals surface area contributed by atoms with Gasteiger partial charge < -0.3 is 19.3 Å². The molecule has 1 N–H and O–H groups in total. The van der Waals surface area contributed by atoms with Crippen LogP contribution in [0.4, 0.5) is 0 Å². The van der Waals surface area contributed by atoms with Crippen LogP contribution in [0.25, 0.3) is 0 Å². The van der Waals surface area contributed by atoms with E-state index in [0.717, 1.165) is 0 Å². The fraction of sp³-hybridized carbons (Fsp3) is 0.562. The summed E-state index contributed by atoms with van der Waals surface area (Å²) in [6.07, 6.45) is -0.821. The first kappa shape index (κ1) is 17.6. The van der Waals surface area contributed by atoms with Crippen molar-refractivity contribution in [1.82, 2.24) is 0 Å². The topological polar surface area (TPSA) is 65.0 Å². The van der Waals surface area contributed by atoms with E-state index in [0.29, 0.717) is 12.2 Å². The Kier molecular flexibility index (Phi) is 7.97. The Morgan fingerprint density at radius 1 is 1.00 bits per heavy atom. The molecule has 1 aromatic rings. The maximum Gasteiger partial charge on any atom is 0.338 e. The highest BCUT2D eigenvalue weighted by atomic mass is 16.6. The molecule has 3 unspecified atom stereocenters. The van der Waals surface area contributed by atoms with Crippen LogP contribution in [-0.4, -0.2) is 49.2 Å². The average Bonchev–Trinajstić information content (AvgIpc) is 2.49. The first-order valence-electron chi connectivity index (χ1n) is 7.12. The smallest absolute Gasteiger partial charge is 0.338 e.